The van der Waals surface area contributed by atoms with E-state index in [1.165, 1.54) is 18.4 Å². The summed E-state index contributed by atoms with van der Waals surface area (Å²) in [7, 11) is 0. The highest BCUT2D eigenvalue weighted by Gasteiger charge is 2.26. The van der Waals surface area contributed by atoms with Gasteiger partial charge in [0.15, 0.2) is 0 Å². The lowest BCUT2D eigenvalue weighted by atomic mass is 10.0. The third kappa shape index (κ3) is 3.64. The summed E-state index contributed by atoms with van der Waals surface area (Å²) < 4.78 is 0. The molecule has 1 atom stereocenters. The van der Waals surface area contributed by atoms with Crippen LogP contribution in [0.4, 0.5) is 11.8 Å². The fourth-order valence-corrected chi connectivity index (χ4v) is 3.63. The lowest BCUT2D eigenvalue weighted by molar-refractivity contribution is 0.596. The van der Waals surface area contributed by atoms with Gasteiger partial charge in [-0.1, -0.05) is 56.5 Å². The van der Waals surface area contributed by atoms with Crippen molar-refractivity contribution in [2.45, 2.75) is 51.5 Å². The van der Waals surface area contributed by atoms with Crippen molar-refractivity contribution in [2.24, 2.45) is 0 Å². The third-order valence-electron chi connectivity index (χ3n) is 4.65. The zero-order valence-corrected chi connectivity index (χ0v) is 15.1. The van der Waals surface area contributed by atoms with E-state index in [1.54, 1.807) is 0 Å². The molecule has 0 spiro atoms. The summed E-state index contributed by atoms with van der Waals surface area (Å²) in [5, 5.41) is 0.820. The highest BCUT2D eigenvalue weighted by Crippen LogP contribution is 2.37. The van der Waals surface area contributed by atoms with Crippen molar-refractivity contribution >= 4 is 23.4 Å². The zero-order valence-electron chi connectivity index (χ0n) is 14.4. The van der Waals surface area contributed by atoms with Gasteiger partial charge in [-0.15, -0.1) is 0 Å². The minimum Gasteiger partial charge on any atom is -0.368 e. The van der Waals surface area contributed by atoms with Crippen LogP contribution in [0.5, 0.6) is 0 Å². The van der Waals surface area contributed by atoms with Gasteiger partial charge in [0, 0.05) is 17.6 Å². The van der Waals surface area contributed by atoms with Crippen LogP contribution in [0.1, 0.15) is 62.7 Å². The van der Waals surface area contributed by atoms with E-state index in [2.05, 4.69) is 46.9 Å². The number of hydrogen-bond donors (Lipinski definition) is 1. The Morgan fingerprint density at radius 1 is 1.17 bits per heavy atom. The molecule has 4 nitrogen and oxygen atoms in total. The van der Waals surface area contributed by atoms with Crippen molar-refractivity contribution in [3.8, 4) is 0 Å². The standard InChI is InChI=1S/C19H25ClN4/c1-13(2)16-12-18(23-19(21)22-16)24-11-7-3-4-10-17(24)14-8-5-6-9-15(14)20/h5-6,8-9,12-13,17H,3-4,7,10-11H2,1-2H3,(H2,21,22,23). The number of anilines is 2. The summed E-state index contributed by atoms with van der Waals surface area (Å²) in [4.78, 5) is 11.3. The van der Waals surface area contributed by atoms with Crippen molar-refractivity contribution in [3.05, 3.63) is 46.6 Å². The van der Waals surface area contributed by atoms with Crippen molar-refractivity contribution in [1.29, 1.82) is 0 Å². The highest BCUT2D eigenvalue weighted by atomic mass is 35.5. The summed E-state index contributed by atoms with van der Waals surface area (Å²) in [5.74, 6) is 1.58. The Bertz CT molecular complexity index is 702. The Morgan fingerprint density at radius 3 is 2.71 bits per heavy atom. The topological polar surface area (TPSA) is 55.0 Å². The van der Waals surface area contributed by atoms with Crippen LogP contribution < -0.4 is 10.6 Å². The Hall–Kier alpha value is -1.81. The van der Waals surface area contributed by atoms with E-state index >= 15 is 0 Å². The Balaban J connectivity index is 2.04. The van der Waals surface area contributed by atoms with E-state index in [0.717, 1.165) is 35.9 Å². The molecule has 1 aromatic carbocycles. The van der Waals surface area contributed by atoms with Gasteiger partial charge in [0.1, 0.15) is 5.82 Å². The smallest absolute Gasteiger partial charge is 0.222 e. The van der Waals surface area contributed by atoms with Crippen LogP contribution in [-0.2, 0) is 0 Å². The molecule has 1 aliphatic rings. The molecule has 128 valence electrons. The van der Waals surface area contributed by atoms with Gasteiger partial charge in [0.2, 0.25) is 5.95 Å². The lowest BCUT2D eigenvalue weighted by Gasteiger charge is -2.32. The first-order valence-corrected chi connectivity index (χ1v) is 9.09. The number of nitrogens with zero attached hydrogens (tertiary/aromatic N) is 3. The van der Waals surface area contributed by atoms with Gasteiger partial charge in [-0.3, -0.25) is 0 Å². The van der Waals surface area contributed by atoms with E-state index in [9.17, 15) is 0 Å². The first-order chi connectivity index (χ1) is 11.6. The second kappa shape index (κ2) is 7.39. The second-order valence-corrected chi connectivity index (χ2v) is 7.15. The normalized spacial score (nSPS) is 18.7. The van der Waals surface area contributed by atoms with Crippen molar-refractivity contribution in [2.75, 3.05) is 17.2 Å². The number of nitrogens with two attached hydrogens (primary N) is 1. The molecule has 5 heteroatoms. The van der Waals surface area contributed by atoms with Crippen LogP contribution in [-0.4, -0.2) is 16.5 Å². The summed E-state index contributed by atoms with van der Waals surface area (Å²) in [5.41, 5.74) is 8.14. The molecule has 1 aromatic heterocycles. The van der Waals surface area contributed by atoms with E-state index in [0.29, 0.717) is 11.9 Å². The molecule has 0 aliphatic carbocycles. The maximum absolute atomic E-state index is 6.49. The maximum Gasteiger partial charge on any atom is 0.222 e. The molecule has 0 radical (unpaired) electrons. The molecular weight excluding hydrogens is 320 g/mol. The molecule has 0 saturated carbocycles. The van der Waals surface area contributed by atoms with Gasteiger partial charge < -0.3 is 10.6 Å². The molecular formula is C19H25ClN4. The van der Waals surface area contributed by atoms with Crippen LogP contribution in [0.15, 0.2) is 30.3 Å². The molecule has 2 N–H and O–H groups in total. The Kier molecular flexibility index (Phi) is 5.24. The monoisotopic (exact) mass is 344 g/mol. The first kappa shape index (κ1) is 17.0. The van der Waals surface area contributed by atoms with Crippen LogP contribution in [0, 0.1) is 0 Å². The number of hydrogen-bond acceptors (Lipinski definition) is 4. The van der Waals surface area contributed by atoms with Crippen LogP contribution in [0.2, 0.25) is 5.02 Å². The van der Waals surface area contributed by atoms with Gasteiger partial charge in [-0.05, 0) is 30.4 Å². The van der Waals surface area contributed by atoms with Crippen LogP contribution >= 0.6 is 11.6 Å². The molecule has 0 amide bonds. The molecule has 1 unspecified atom stereocenters. The van der Waals surface area contributed by atoms with Crippen molar-refractivity contribution in [1.82, 2.24) is 9.97 Å². The van der Waals surface area contributed by atoms with E-state index in [-0.39, 0.29) is 6.04 Å². The number of benzene rings is 1. The van der Waals surface area contributed by atoms with Gasteiger partial charge in [0.25, 0.3) is 0 Å². The molecule has 1 saturated heterocycles. The number of nitrogen functional groups attached to an aromatic ring is 1. The van der Waals surface area contributed by atoms with Crippen LogP contribution in [0.3, 0.4) is 0 Å². The zero-order chi connectivity index (χ0) is 17.1. The summed E-state index contributed by atoms with van der Waals surface area (Å²) >= 11 is 6.49. The average molecular weight is 345 g/mol. The van der Waals surface area contributed by atoms with E-state index in [4.69, 9.17) is 17.3 Å². The molecule has 24 heavy (non-hydrogen) atoms. The third-order valence-corrected chi connectivity index (χ3v) is 5.00. The Morgan fingerprint density at radius 2 is 1.96 bits per heavy atom. The minimum atomic E-state index is 0.232. The van der Waals surface area contributed by atoms with Crippen molar-refractivity contribution in [3.63, 3.8) is 0 Å². The minimum absolute atomic E-state index is 0.232. The fraction of sp³-hybridized carbons (Fsp3) is 0.474. The number of halogens is 1. The predicted octanol–water partition coefficient (Wildman–Crippen LogP) is 4.96. The average Bonchev–Trinajstić information content (AvgIpc) is 2.80. The van der Waals surface area contributed by atoms with Crippen LogP contribution in [0.25, 0.3) is 0 Å². The molecule has 1 fully saturated rings. The predicted molar refractivity (Wildman–Crippen MR) is 101 cm³/mol. The molecule has 2 aromatic rings. The first-order valence-electron chi connectivity index (χ1n) is 8.72. The maximum atomic E-state index is 6.49. The molecule has 3 rings (SSSR count). The molecule has 1 aliphatic heterocycles. The van der Waals surface area contributed by atoms with E-state index in [1.807, 2.05) is 12.1 Å². The molecule has 0 bridgehead atoms. The fourth-order valence-electron chi connectivity index (χ4n) is 3.37. The van der Waals surface area contributed by atoms with Gasteiger partial charge >= 0.3 is 0 Å². The summed E-state index contributed by atoms with van der Waals surface area (Å²) in [6.45, 7) is 5.21. The Labute approximate surface area is 149 Å². The number of aromatic nitrogens is 2. The molecule has 2 heterocycles. The number of rotatable bonds is 3. The van der Waals surface area contributed by atoms with E-state index < -0.39 is 0 Å². The van der Waals surface area contributed by atoms with Gasteiger partial charge in [0.05, 0.1) is 11.7 Å². The highest BCUT2D eigenvalue weighted by molar-refractivity contribution is 6.31. The second-order valence-electron chi connectivity index (χ2n) is 6.74. The van der Waals surface area contributed by atoms with Crippen molar-refractivity contribution < 1.29 is 0 Å². The summed E-state index contributed by atoms with van der Waals surface area (Å²) in [6, 6.07) is 10.4. The largest absolute Gasteiger partial charge is 0.368 e. The van der Waals surface area contributed by atoms with Gasteiger partial charge in [-0.25, -0.2) is 4.98 Å². The summed E-state index contributed by atoms with van der Waals surface area (Å²) in [6.07, 6.45) is 4.66. The quantitative estimate of drug-likeness (QED) is 0.855. The SMILES string of the molecule is CC(C)c1cc(N2CCCCCC2c2ccccc2Cl)nc(N)n1. The van der Waals surface area contributed by atoms with Gasteiger partial charge in [-0.2, -0.15) is 4.98 Å². The lowest BCUT2D eigenvalue weighted by Crippen LogP contribution is -2.30.